The molecule has 0 aromatic heterocycles. The van der Waals surface area contributed by atoms with Crippen LogP contribution in [-0.4, -0.2) is 35.5 Å². The SMILES string of the molecule is C[C@H](CNC(=O)CSC(C)(C)C)N1CCc2ccccc21. The number of benzene rings is 1. The standard InChI is InChI=1S/C17H26N2OS/c1-13(11-18-16(20)12-21-17(2,3)4)19-10-9-14-7-5-6-8-15(14)19/h5-8,13H,9-12H2,1-4H3,(H,18,20)/t13-/m1/s1. The van der Waals surface area contributed by atoms with Crippen LogP contribution in [0.5, 0.6) is 0 Å². The fourth-order valence-electron chi connectivity index (χ4n) is 2.53. The molecule has 0 bridgehead atoms. The average Bonchev–Trinajstić information content (AvgIpc) is 2.85. The second kappa shape index (κ2) is 6.73. The highest BCUT2D eigenvalue weighted by Gasteiger charge is 2.23. The molecule has 0 fully saturated rings. The lowest BCUT2D eigenvalue weighted by atomic mass is 10.2. The molecule has 1 amide bonds. The predicted octanol–water partition coefficient (Wildman–Crippen LogP) is 3.09. The quantitative estimate of drug-likeness (QED) is 0.907. The Bertz CT molecular complexity index is 496. The lowest BCUT2D eigenvalue weighted by Gasteiger charge is -2.27. The molecule has 0 unspecified atom stereocenters. The first-order valence-electron chi connectivity index (χ1n) is 7.62. The van der Waals surface area contributed by atoms with Crippen LogP contribution in [-0.2, 0) is 11.2 Å². The van der Waals surface area contributed by atoms with Gasteiger partial charge in [-0.2, -0.15) is 0 Å². The highest BCUT2D eigenvalue weighted by molar-refractivity contribution is 8.01. The molecule has 1 N–H and O–H groups in total. The Kier molecular flexibility index (Phi) is 5.20. The van der Waals surface area contributed by atoms with E-state index in [1.807, 2.05) is 0 Å². The van der Waals surface area contributed by atoms with Crippen LogP contribution in [0.1, 0.15) is 33.3 Å². The summed E-state index contributed by atoms with van der Waals surface area (Å²) in [6.45, 7) is 10.3. The Labute approximate surface area is 132 Å². The molecule has 116 valence electrons. The second-order valence-corrected chi connectivity index (χ2v) is 8.43. The molecule has 0 saturated heterocycles. The number of anilines is 1. The van der Waals surface area contributed by atoms with Crippen LogP contribution in [0.3, 0.4) is 0 Å². The molecule has 0 radical (unpaired) electrons. The van der Waals surface area contributed by atoms with Crippen LogP contribution in [0.2, 0.25) is 0 Å². The van der Waals surface area contributed by atoms with Crippen LogP contribution < -0.4 is 10.2 Å². The average molecular weight is 306 g/mol. The summed E-state index contributed by atoms with van der Waals surface area (Å²) >= 11 is 1.69. The summed E-state index contributed by atoms with van der Waals surface area (Å²) < 4.78 is 0.136. The number of fused-ring (bicyclic) bond motifs is 1. The molecule has 1 atom stereocenters. The lowest BCUT2D eigenvalue weighted by molar-refractivity contribution is -0.118. The molecule has 0 saturated carbocycles. The summed E-state index contributed by atoms with van der Waals surface area (Å²) in [7, 11) is 0. The summed E-state index contributed by atoms with van der Waals surface area (Å²) in [6, 6.07) is 8.88. The molecule has 2 rings (SSSR count). The van der Waals surface area contributed by atoms with Crippen molar-refractivity contribution >= 4 is 23.4 Å². The van der Waals surface area contributed by atoms with Crippen LogP contribution in [0, 0.1) is 0 Å². The van der Waals surface area contributed by atoms with Gasteiger partial charge in [-0.1, -0.05) is 39.0 Å². The number of amides is 1. The van der Waals surface area contributed by atoms with E-state index in [0.717, 1.165) is 13.0 Å². The van der Waals surface area contributed by atoms with Crippen molar-refractivity contribution in [3.05, 3.63) is 29.8 Å². The smallest absolute Gasteiger partial charge is 0.230 e. The van der Waals surface area contributed by atoms with Gasteiger partial charge in [0.2, 0.25) is 5.91 Å². The van der Waals surface area contributed by atoms with Gasteiger partial charge in [-0.05, 0) is 25.0 Å². The zero-order valence-electron chi connectivity index (χ0n) is 13.5. The number of thioether (sulfide) groups is 1. The maximum absolute atomic E-state index is 11.9. The molecule has 1 heterocycles. The Morgan fingerprint density at radius 1 is 1.38 bits per heavy atom. The van der Waals surface area contributed by atoms with E-state index in [9.17, 15) is 4.79 Å². The summed E-state index contributed by atoms with van der Waals surface area (Å²) in [4.78, 5) is 14.3. The number of nitrogens with zero attached hydrogens (tertiary/aromatic N) is 1. The summed E-state index contributed by atoms with van der Waals surface area (Å²) in [6.07, 6.45) is 1.11. The fourth-order valence-corrected chi connectivity index (χ4v) is 3.19. The highest BCUT2D eigenvalue weighted by atomic mass is 32.2. The van der Waals surface area contributed by atoms with Gasteiger partial charge in [0, 0.05) is 29.6 Å². The van der Waals surface area contributed by atoms with Gasteiger partial charge < -0.3 is 10.2 Å². The van der Waals surface area contributed by atoms with Crippen LogP contribution in [0.15, 0.2) is 24.3 Å². The van der Waals surface area contributed by atoms with Crippen molar-refractivity contribution in [1.29, 1.82) is 0 Å². The molecule has 4 heteroatoms. The normalized spacial score (nSPS) is 15.7. The number of para-hydroxylation sites is 1. The van der Waals surface area contributed by atoms with Gasteiger partial charge in [0.1, 0.15) is 0 Å². The van der Waals surface area contributed by atoms with Crippen molar-refractivity contribution in [2.45, 2.75) is 44.9 Å². The number of hydrogen-bond acceptors (Lipinski definition) is 3. The molecule has 3 nitrogen and oxygen atoms in total. The lowest BCUT2D eigenvalue weighted by Crippen LogP contribution is -2.42. The fraction of sp³-hybridized carbons (Fsp3) is 0.588. The predicted molar refractivity (Wildman–Crippen MR) is 92.2 cm³/mol. The first-order chi connectivity index (χ1) is 9.87. The minimum Gasteiger partial charge on any atom is -0.366 e. The first-order valence-corrected chi connectivity index (χ1v) is 8.60. The topological polar surface area (TPSA) is 32.3 Å². The third kappa shape index (κ3) is 4.67. The summed E-state index contributed by atoms with van der Waals surface area (Å²) in [5.74, 6) is 0.668. The third-order valence-corrected chi connectivity index (χ3v) is 4.96. The van der Waals surface area contributed by atoms with Crippen molar-refractivity contribution in [2.24, 2.45) is 0 Å². The first kappa shape index (κ1) is 16.2. The van der Waals surface area contributed by atoms with E-state index in [2.05, 4.69) is 62.2 Å². The highest BCUT2D eigenvalue weighted by Crippen LogP contribution is 2.29. The van der Waals surface area contributed by atoms with Crippen molar-refractivity contribution in [3.8, 4) is 0 Å². The van der Waals surface area contributed by atoms with Crippen molar-refractivity contribution in [2.75, 3.05) is 23.7 Å². The number of carbonyl (C=O) groups is 1. The van der Waals surface area contributed by atoms with Gasteiger partial charge in [0.25, 0.3) is 0 Å². The monoisotopic (exact) mass is 306 g/mol. The molecule has 0 aliphatic carbocycles. The van der Waals surface area contributed by atoms with Gasteiger partial charge in [-0.15, -0.1) is 11.8 Å². The molecule has 1 aliphatic rings. The number of rotatable bonds is 5. The Morgan fingerprint density at radius 2 is 2.10 bits per heavy atom. The Morgan fingerprint density at radius 3 is 2.81 bits per heavy atom. The number of nitrogens with one attached hydrogen (secondary N) is 1. The van der Waals surface area contributed by atoms with Crippen LogP contribution in [0.4, 0.5) is 5.69 Å². The van der Waals surface area contributed by atoms with Gasteiger partial charge in [-0.25, -0.2) is 0 Å². The van der Waals surface area contributed by atoms with Crippen molar-refractivity contribution < 1.29 is 4.79 Å². The molecule has 1 aliphatic heterocycles. The summed E-state index contributed by atoms with van der Waals surface area (Å²) in [5, 5.41) is 3.06. The maximum Gasteiger partial charge on any atom is 0.230 e. The number of carbonyl (C=O) groups excluding carboxylic acids is 1. The van der Waals surface area contributed by atoms with E-state index in [1.165, 1.54) is 11.3 Å². The second-order valence-electron chi connectivity index (χ2n) is 6.63. The minimum atomic E-state index is 0.134. The molecular weight excluding hydrogens is 280 g/mol. The minimum absolute atomic E-state index is 0.134. The molecular formula is C17H26N2OS. The van der Waals surface area contributed by atoms with E-state index in [4.69, 9.17) is 0 Å². The largest absolute Gasteiger partial charge is 0.366 e. The van der Waals surface area contributed by atoms with Crippen molar-refractivity contribution in [1.82, 2.24) is 5.32 Å². The van der Waals surface area contributed by atoms with Crippen molar-refractivity contribution in [3.63, 3.8) is 0 Å². The van der Waals surface area contributed by atoms with E-state index in [-0.39, 0.29) is 10.7 Å². The summed E-state index contributed by atoms with van der Waals surface area (Å²) in [5.41, 5.74) is 2.74. The van der Waals surface area contributed by atoms with Gasteiger partial charge in [-0.3, -0.25) is 4.79 Å². The third-order valence-electron chi connectivity index (χ3n) is 3.69. The van der Waals surface area contributed by atoms with Gasteiger partial charge in [0.05, 0.1) is 5.75 Å². The van der Waals surface area contributed by atoms with E-state index in [0.29, 0.717) is 18.3 Å². The molecule has 21 heavy (non-hydrogen) atoms. The van der Waals surface area contributed by atoms with E-state index < -0.39 is 0 Å². The van der Waals surface area contributed by atoms with Gasteiger partial charge in [0.15, 0.2) is 0 Å². The Balaban J connectivity index is 1.81. The van der Waals surface area contributed by atoms with Crippen LogP contribution in [0.25, 0.3) is 0 Å². The zero-order chi connectivity index (χ0) is 15.5. The zero-order valence-corrected chi connectivity index (χ0v) is 14.3. The number of hydrogen-bond donors (Lipinski definition) is 1. The van der Waals surface area contributed by atoms with E-state index >= 15 is 0 Å². The van der Waals surface area contributed by atoms with Gasteiger partial charge >= 0.3 is 0 Å². The molecule has 1 aromatic carbocycles. The Hall–Kier alpha value is -1.16. The van der Waals surface area contributed by atoms with Crippen LogP contribution >= 0.6 is 11.8 Å². The molecule has 1 aromatic rings. The molecule has 0 spiro atoms. The van der Waals surface area contributed by atoms with E-state index in [1.54, 1.807) is 11.8 Å². The maximum atomic E-state index is 11.9.